The van der Waals surface area contributed by atoms with Crippen molar-refractivity contribution in [2.24, 2.45) is 5.92 Å². The summed E-state index contributed by atoms with van der Waals surface area (Å²) in [4.78, 5) is 2.38. The summed E-state index contributed by atoms with van der Waals surface area (Å²) in [6, 6.07) is 8.84. The molecule has 2 nitrogen and oxygen atoms in total. The molecule has 1 aromatic carbocycles. The van der Waals surface area contributed by atoms with Crippen LogP contribution < -0.4 is 0 Å². The fourth-order valence-corrected chi connectivity index (χ4v) is 2.14. The van der Waals surface area contributed by atoms with Crippen LogP contribution in [0.5, 0.6) is 0 Å². The molecular weight excluding hydrogens is 234 g/mol. The first kappa shape index (κ1) is 15.8. The van der Waals surface area contributed by atoms with Gasteiger partial charge in [-0.3, -0.25) is 4.90 Å². The van der Waals surface area contributed by atoms with Crippen molar-refractivity contribution >= 4 is 0 Å². The van der Waals surface area contributed by atoms with Crippen LogP contribution in [0.25, 0.3) is 0 Å². The number of nitrogens with zero attached hydrogens (tertiary/aromatic N) is 1. The minimum absolute atomic E-state index is 0.0861. The normalized spacial score (nSPS) is 12.4. The molecule has 2 heteroatoms. The van der Waals surface area contributed by atoms with Gasteiger partial charge in [-0.15, -0.1) is 0 Å². The zero-order valence-electron chi connectivity index (χ0n) is 12.5. The van der Waals surface area contributed by atoms with Gasteiger partial charge in [0, 0.05) is 18.2 Å². The Morgan fingerprint density at radius 1 is 1.16 bits per heavy atom. The predicted molar refractivity (Wildman–Crippen MR) is 80.8 cm³/mol. The number of hydrogen-bond acceptors (Lipinski definition) is 2. The molecule has 0 heterocycles. The molecule has 0 aliphatic carbocycles. The molecule has 104 valence electrons. The minimum atomic E-state index is -0.0861. The second-order valence-electron chi connectivity index (χ2n) is 5.55. The van der Waals surface area contributed by atoms with Gasteiger partial charge in [0.15, 0.2) is 0 Å². The molecule has 0 radical (unpaired) electrons. The van der Waals surface area contributed by atoms with Gasteiger partial charge in [-0.1, -0.05) is 37.8 Å². The van der Waals surface area contributed by atoms with Crippen LogP contribution in [0.2, 0.25) is 0 Å². The standard InChI is InChI=1S/C17H25NO/c1-14(2)12-15(3)18(4)13-17-9-7-16(8-10-17)6-5-11-19/h7-10,14-15,19H,11-13H2,1-4H3. The van der Waals surface area contributed by atoms with Crippen molar-refractivity contribution in [1.82, 2.24) is 4.90 Å². The van der Waals surface area contributed by atoms with E-state index in [-0.39, 0.29) is 6.61 Å². The molecule has 19 heavy (non-hydrogen) atoms. The molecule has 0 aliphatic heterocycles. The summed E-state index contributed by atoms with van der Waals surface area (Å²) in [5, 5.41) is 8.65. The highest BCUT2D eigenvalue weighted by Crippen LogP contribution is 2.13. The highest BCUT2D eigenvalue weighted by molar-refractivity contribution is 5.36. The maximum atomic E-state index is 8.65. The summed E-state index contributed by atoms with van der Waals surface area (Å²) < 4.78 is 0. The van der Waals surface area contributed by atoms with E-state index in [1.807, 2.05) is 12.1 Å². The zero-order chi connectivity index (χ0) is 14.3. The molecule has 0 fully saturated rings. The van der Waals surface area contributed by atoms with Gasteiger partial charge in [0.25, 0.3) is 0 Å². The van der Waals surface area contributed by atoms with Crippen LogP contribution in [-0.4, -0.2) is 29.7 Å². The minimum Gasteiger partial charge on any atom is -0.384 e. The first-order valence-electron chi connectivity index (χ1n) is 6.91. The zero-order valence-corrected chi connectivity index (χ0v) is 12.5. The summed E-state index contributed by atoms with van der Waals surface area (Å²) in [5.74, 6) is 6.30. The molecule has 0 bridgehead atoms. The third-order valence-electron chi connectivity index (χ3n) is 3.26. The lowest BCUT2D eigenvalue weighted by atomic mass is 10.0. The van der Waals surface area contributed by atoms with Gasteiger partial charge in [-0.25, -0.2) is 0 Å². The van der Waals surface area contributed by atoms with Crippen LogP contribution in [0, 0.1) is 17.8 Å². The molecule has 1 N–H and O–H groups in total. The summed E-state index contributed by atoms with van der Waals surface area (Å²) in [6.45, 7) is 7.68. The average molecular weight is 259 g/mol. The number of aliphatic hydroxyl groups is 1. The lowest BCUT2D eigenvalue weighted by Gasteiger charge is -2.26. The van der Waals surface area contributed by atoms with Crippen molar-refractivity contribution in [3.8, 4) is 11.8 Å². The van der Waals surface area contributed by atoms with Gasteiger partial charge in [0.05, 0.1) is 0 Å². The van der Waals surface area contributed by atoms with E-state index in [4.69, 9.17) is 5.11 Å². The van der Waals surface area contributed by atoms with Gasteiger partial charge >= 0.3 is 0 Å². The van der Waals surface area contributed by atoms with Gasteiger partial charge in [0.1, 0.15) is 6.61 Å². The van der Waals surface area contributed by atoms with Crippen LogP contribution in [-0.2, 0) is 6.54 Å². The van der Waals surface area contributed by atoms with Gasteiger partial charge in [-0.2, -0.15) is 0 Å². The maximum absolute atomic E-state index is 8.65. The molecule has 1 atom stereocenters. The van der Waals surface area contributed by atoms with E-state index in [2.05, 4.69) is 56.7 Å². The Hall–Kier alpha value is -1.30. The fourth-order valence-electron chi connectivity index (χ4n) is 2.14. The van der Waals surface area contributed by atoms with Crippen molar-refractivity contribution in [2.75, 3.05) is 13.7 Å². The maximum Gasteiger partial charge on any atom is 0.104 e. The highest BCUT2D eigenvalue weighted by atomic mass is 16.2. The second-order valence-corrected chi connectivity index (χ2v) is 5.55. The van der Waals surface area contributed by atoms with E-state index >= 15 is 0 Å². The van der Waals surface area contributed by atoms with Crippen LogP contribution in [0.1, 0.15) is 38.3 Å². The monoisotopic (exact) mass is 259 g/mol. The van der Waals surface area contributed by atoms with E-state index in [0.717, 1.165) is 18.0 Å². The molecular formula is C17H25NO. The topological polar surface area (TPSA) is 23.5 Å². The fraction of sp³-hybridized carbons (Fsp3) is 0.529. The Bertz CT molecular complexity index is 425. The summed E-state index contributed by atoms with van der Waals surface area (Å²) in [6.07, 6.45) is 1.22. The molecule has 0 spiro atoms. The van der Waals surface area contributed by atoms with Crippen LogP contribution >= 0.6 is 0 Å². The van der Waals surface area contributed by atoms with Crippen LogP contribution in [0.15, 0.2) is 24.3 Å². The van der Waals surface area contributed by atoms with Crippen molar-refractivity contribution < 1.29 is 5.11 Å². The molecule has 1 rings (SSSR count). The number of hydrogen-bond donors (Lipinski definition) is 1. The molecule has 0 saturated carbocycles. The first-order chi connectivity index (χ1) is 9.02. The van der Waals surface area contributed by atoms with Crippen molar-refractivity contribution in [1.29, 1.82) is 0 Å². The summed E-state index contributed by atoms with van der Waals surface area (Å²) >= 11 is 0. The van der Waals surface area contributed by atoms with Crippen LogP contribution in [0.4, 0.5) is 0 Å². The Balaban J connectivity index is 2.57. The largest absolute Gasteiger partial charge is 0.384 e. The number of rotatable bonds is 5. The Morgan fingerprint density at radius 2 is 1.79 bits per heavy atom. The molecule has 0 amide bonds. The molecule has 0 saturated heterocycles. The van der Waals surface area contributed by atoms with Crippen LogP contribution in [0.3, 0.4) is 0 Å². The SMILES string of the molecule is CC(C)CC(C)N(C)Cc1ccc(C#CCO)cc1. The summed E-state index contributed by atoms with van der Waals surface area (Å²) in [7, 11) is 2.17. The third kappa shape index (κ3) is 5.92. The van der Waals surface area contributed by atoms with E-state index in [1.54, 1.807) is 0 Å². The first-order valence-corrected chi connectivity index (χ1v) is 6.91. The lowest BCUT2D eigenvalue weighted by molar-refractivity contribution is 0.220. The van der Waals surface area contributed by atoms with Gasteiger partial charge in [0.2, 0.25) is 0 Å². The molecule has 0 aliphatic rings. The van der Waals surface area contributed by atoms with Crippen molar-refractivity contribution in [2.45, 2.75) is 39.8 Å². The number of aliphatic hydroxyl groups excluding tert-OH is 1. The predicted octanol–water partition coefficient (Wildman–Crippen LogP) is 2.90. The van der Waals surface area contributed by atoms with E-state index in [1.165, 1.54) is 12.0 Å². The quantitative estimate of drug-likeness (QED) is 0.822. The number of benzene rings is 1. The average Bonchev–Trinajstić information content (AvgIpc) is 2.37. The lowest BCUT2D eigenvalue weighted by Crippen LogP contribution is -2.29. The highest BCUT2D eigenvalue weighted by Gasteiger charge is 2.11. The molecule has 1 aromatic rings. The third-order valence-corrected chi connectivity index (χ3v) is 3.26. The van der Waals surface area contributed by atoms with E-state index in [9.17, 15) is 0 Å². The Kier molecular flexibility index (Phi) is 6.62. The molecule has 1 unspecified atom stereocenters. The smallest absolute Gasteiger partial charge is 0.104 e. The van der Waals surface area contributed by atoms with Crippen molar-refractivity contribution in [3.63, 3.8) is 0 Å². The summed E-state index contributed by atoms with van der Waals surface area (Å²) in [5.41, 5.74) is 2.25. The van der Waals surface area contributed by atoms with Gasteiger partial charge < -0.3 is 5.11 Å². The molecule has 0 aromatic heterocycles. The second kappa shape index (κ2) is 7.99. The Morgan fingerprint density at radius 3 is 2.32 bits per heavy atom. The Labute approximate surface area is 117 Å². The van der Waals surface area contributed by atoms with E-state index in [0.29, 0.717) is 6.04 Å². The van der Waals surface area contributed by atoms with Crippen molar-refractivity contribution in [3.05, 3.63) is 35.4 Å². The van der Waals surface area contributed by atoms with Gasteiger partial charge in [-0.05, 0) is 44.0 Å². The van der Waals surface area contributed by atoms with E-state index < -0.39 is 0 Å².